The maximum atomic E-state index is 8.66. The van der Waals surface area contributed by atoms with Gasteiger partial charge in [-0.05, 0) is 37.4 Å². The number of aliphatic hydroxyl groups excluding tert-OH is 3. The molecule has 0 bridgehead atoms. The van der Waals surface area contributed by atoms with Crippen LogP contribution in [0.25, 0.3) is 0 Å². The molecule has 0 aromatic heterocycles. The third kappa shape index (κ3) is 156. The Morgan fingerprint density at radius 3 is 0.667 bits per heavy atom. The van der Waals surface area contributed by atoms with Crippen molar-refractivity contribution in [3.8, 4) is 0 Å². The van der Waals surface area contributed by atoms with E-state index in [4.69, 9.17) is 20.1 Å². The summed E-state index contributed by atoms with van der Waals surface area (Å²) in [5.74, 6) is 1.32. The quantitative estimate of drug-likeness (QED) is 0.546. The largest absolute Gasteiger partial charge is 0.433 e. The van der Waals surface area contributed by atoms with Gasteiger partial charge in [-0.1, -0.05) is 41.5 Å². The van der Waals surface area contributed by atoms with Gasteiger partial charge in [-0.25, -0.2) is 0 Å². The van der Waals surface area contributed by atoms with Crippen molar-refractivity contribution < 1.29 is 46.3 Å². The molecule has 21 heavy (non-hydrogen) atoms. The average Bonchev–Trinajstić information content (AvgIpc) is 2.28. The zero-order valence-electron chi connectivity index (χ0n) is 15.6. The Balaban J connectivity index is -0.0000000533. The molecule has 0 aliphatic rings. The Morgan fingerprint density at radius 2 is 0.667 bits per heavy atom. The van der Waals surface area contributed by atoms with Gasteiger partial charge in [0.25, 0.3) is 0 Å². The molecule has 6 heteroatoms. The second kappa shape index (κ2) is 23.2. The summed E-state index contributed by atoms with van der Waals surface area (Å²) in [4.78, 5) is 8.66. The van der Waals surface area contributed by atoms with Gasteiger partial charge in [0.05, 0.1) is 0 Å². The molecule has 132 valence electrons. The average molecular weight is 404 g/mol. The first-order valence-corrected chi connectivity index (χ1v) is 10.8. The zero-order chi connectivity index (χ0) is 17.4. The predicted molar refractivity (Wildman–Crippen MR) is 91.3 cm³/mol. The molecule has 0 rings (SSSR count). The van der Waals surface area contributed by atoms with Crippen molar-refractivity contribution in [3.63, 3.8) is 0 Å². The van der Waals surface area contributed by atoms with Crippen molar-refractivity contribution in [1.29, 1.82) is 0 Å². The first-order valence-electron chi connectivity index (χ1n) is 7.36. The molecule has 0 fully saturated rings. The minimum absolute atomic E-state index is 0. The SMILES string of the molecule is CC(C)CO.CC(C)CO.CC(C)CO.C[Si](C)(C)O.[Zr]. The van der Waals surface area contributed by atoms with Crippen LogP contribution in [0.4, 0.5) is 0 Å². The maximum Gasteiger partial charge on any atom is 0.179 e. The summed E-state index contributed by atoms with van der Waals surface area (Å²) in [6.07, 6.45) is 0. The topological polar surface area (TPSA) is 80.9 Å². The van der Waals surface area contributed by atoms with Crippen LogP contribution < -0.4 is 0 Å². The third-order valence-electron chi connectivity index (χ3n) is 1.10. The molecule has 0 radical (unpaired) electrons. The summed E-state index contributed by atoms with van der Waals surface area (Å²) in [7, 11) is -1.61. The Kier molecular flexibility index (Phi) is 37.1. The van der Waals surface area contributed by atoms with E-state index in [0.29, 0.717) is 37.6 Å². The van der Waals surface area contributed by atoms with Gasteiger partial charge in [0.2, 0.25) is 0 Å². The van der Waals surface area contributed by atoms with Gasteiger partial charge < -0.3 is 20.1 Å². The van der Waals surface area contributed by atoms with Gasteiger partial charge in [-0.3, -0.25) is 0 Å². The van der Waals surface area contributed by atoms with Crippen molar-refractivity contribution in [2.75, 3.05) is 19.8 Å². The number of hydrogen-bond acceptors (Lipinski definition) is 4. The van der Waals surface area contributed by atoms with Crippen LogP contribution in [0.2, 0.25) is 19.6 Å². The van der Waals surface area contributed by atoms with E-state index in [1.165, 1.54) is 0 Å². The van der Waals surface area contributed by atoms with Crippen molar-refractivity contribution in [2.45, 2.75) is 61.2 Å². The summed E-state index contributed by atoms with van der Waals surface area (Å²) >= 11 is 0. The van der Waals surface area contributed by atoms with E-state index in [1.54, 1.807) is 0 Å². The Bertz CT molecular complexity index is 135. The molecule has 0 amide bonds. The van der Waals surface area contributed by atoms with Gasteiger partial charge in [0.1, 0.15) is 0 Å². The van der Waals surface area contributed by atoms with Crippen molar-refractivity contribution in [3.05, 3.63) is 0 Å². The summed E-state index contributed by atoms with van der Waals surface area (Å²) in [6, 6.07) is 0. The van der Waals surface area contributed by atoms with Crippen LogP contribution in [0.15, 0.2) is 0 Å². The van der Waals surface area contributed by atoms with Gasteiger partial charge in [0, 0.05) is 46.0 Å². The smallest absolute Gasteiger partial charge is 0.179 e. The van der Waals surface area contributed by atoms with E-state index in [1.807, 2.05) is 61.2 Å². The molecule has 0 aromatic carbocycles. The fourth-order valence-electron chi connectivity index (χ4n) is 0. The summed E-state index contributed by atoms with van der Waals surface area (Å²) in [6.45, 7) is 18.4. The van der Waals surface area contributed by atoms with Crippen LogP contribution in [0.1, 0.15) is 41.5 Å². The summed E-state index contributed by atoms with van der Waals surface area (Å²) in [5.41, 5.74) is 0. The van der Waals surface area contributed by atoms with Gasteiger partial charge in [-0.15, -0.1) is 0 Å². The first-order chi connectivity index (χ1) is 8.81. The van der Waals surface area contributed by atoms with Crippen molar-refractivity contribution >= 4 is 8.32 Å². The minimum atomic E-state index is -1.61. The van der Waals surface area contributed by atoms with E-state index < -0.39 is 8.32 Å². The summed E-state index contributed by atoms with van der Waals surface area (Å²) in [5, 5.41) is 24.4. The molecule has 4 N–H and O–H groups in total. The van der Waals surface area contributed by atoms with Crippen molar-refractivity contribution in [2.24, 2.45) is 17.8 Å². The molecule has 0 aromatic rings. The first kappa shape index (κ1) is 33.5. The van der Waals surface area contributed by atoms with E-state index in [2.05, 4.69) is 0 Å². The fourth-order valence-corrected chi connectivity index (χ4v) is 0. The standard InChI is InChI=1S/3C4H10O.C3H10OSi.Zr/c3*1-4(2)3-5;1-5(2,3)4;/h3*4-5H,3H2,1-2H3;4H,1-3H3;. The normalized spacial score (nSPS) is 9.71. The third-order valence-corrected chi connectivity index (χ3v) is 1.10. The maximum absolute atomic E-state index is 8.66. The Labute approximate surface area is 153 Å². The molecule has 0 aliphatic carbocycles. The molecule has 0 atom stereocenters. The van der Waals surface area contributed by atoms with Gasteiger partial charge >= 0.3 is 0 Å². The van der Waals surface area contributed by atoms with Gasteiger partial charge in [0.15, 0.2) is 8.32 Å². The Hall–Kier alpha value is 0.940. The molecule has 4 nitrogen and oxygen atoms in total. The minimum Gasteiger partial charge on any atom is -0.433 e. The predicted octanol–water partition coefficient (Wildman–Crippen LogP) is 2.72. The second-order valence-electron chi connectivity index (χ2n) is 6.90. The van der Waals surface area contributed by atoms with Gasteiger partial charge in [-0.2, -0.15) is 0 Å². The molecule has 0 saturated carbocycles. The molecule has 0 aliphatic heterocycles. The van der Waals surface area contributed by atoms with Crippen LogP contribution in [0.3, 0.4) is 0 Å². The van der Waals surface area contributed by atoms with E-state index >= 15 is 0 Å². The second-order valence-corrected chi connectivity index (χ2v) is 11.2. The van der Waals surface area contributed by atoms with Crippen LogP contribution >= 0.6 is 0 Å². The molecular formula is C15H40O4SiZr. The van der Waals surface area contributed by atoms with Crippen LogP contribution in [-0.2, 0) is 26.2 Å². The van der Waals surface area contributed by atoms with Crippen LogP contribution in [-0.4, -0.2) is 48.3 Å². The molecule has 0 unspecified atom stereocenters. The Morgan fingerprint density at radius 1 is 0.619 bits per heavy atom. The molecule has 0 spiro atoms. The van der Waals surface area contributed by atoms with E-state index in [9.17, 15) is 0 Å². The zero-order valence-corrected chi connectivity index (χ0v) is 19.1. The number of aliphatic hydroxyl groups is 3. The van der Waals surface area contributed by atoms with E-state index in [-0.39, 0.29) is 26.2 Å². The van der Waals surface area contributed by atoms with E-state index in [0.717, 1.165) is 0 Å². The van der Waals surface area contributed by atoms with Crippen LogP contribution in [0.5, 0.6) is 0 Å². The number of hydrogen-bond donors (Lipinski definition) is 4. The van der Waals surface area contributed by atoms with Crippen LogP contribution in [0, 0.1) is 17.8 Å². The monoisotopic (exact) mass is 402 g/mol. The molecule has 0 heterocycles. The fraction of sp³-hybridized carbons (Fsp3) is 1.00. The molecule has 0 saturated heterocycles. The number of rotatable bonds is 3. The summed E-state index contributed by atoms with van der Waals surface area (Å²) < 4.78 is 0. The molecular weight excluding hydrogens is 363 g/mol. The van der Waals surface area contributed by atoms with Crippen molar-refractivity contribution in [1.82, 2.24) is 0 Å².